The fraction of sp³-hybridized carbons (Fsp3) is 0.515. The van der Waals surface area contributed by atoms with Gasteiger partial charge in [-0.25, -0.2) is 0 Å². The van der Waals surface area contributed by atoms with E-state index in [1.54, 1.807) is 11.3 Å². The number of amides is 1. The number of hydrogen-bond acceptors (Lipinski definition) is 4. The second kappa shape index (κ2) is 20.5. The molecule has 0 unspecified atom stereocenters. The van der Waals surface area contributed by atoms with Gasteiger partial charge in [-0.1, -0.05) is 113 Å². The van der Waals surface area contributed by atoms with E-state index in [2.05, 4.69) is 34.6 Å². The van der Waals surface area contributed by atoms with E-state index in [0.29, 0.717) is 18.9 Å². The SMILES string of the molecule is CCCCCCCCCCCCCCOc1cccc(OCC(=O)Nc2ccccc2C[n+]2cscc2C)c1.[Br-]. The number of thiazole rings is 1. The highest BCUT2D eigenvalue weighted by Crippen LogP contribution is 2.21. The number of para-hydroxylation sites is 1. The van der Waals surface area contributed by atoms with Crippen LogP contribution in [0.3, 0.4) is 0 Å². The predicted molar refractivity (Wildman–Crippen MR) is 162 cm³/mol. The van der Waals surface area contributed by atoms with Crippen LogP contribution in [0.25, 0.3) is 0 Å². The number of halogens is 1. The quantitative estimate of drug-likeness (QED) is 0.133. The van der Waals surface area contributed by atoms with Crippen molar-refractivity contribution in [2.24, 2.45) is 0 Å². The van der Waals surface area contributed by atoms with E-state index in [9.17, 15) is 4.79 Å². The van der Waals surface area contributed by atoms with E-state index in [4.69, 9.17) is 9.47 Å². The molecule has 2 aromatic carbocycles. The third-order valence-corrected chi connectivity index (χ3v) is 7.81. The summed E-state index contributed by atoms with van der Waals surface area (Å²) in [5.41, 5.74) is 5.16. The van der Waals surface area contributed by atoms with Crippen molar-refractivity contribution in [3.8, 4) is 11.5 Å². The van der Waals surface area contributed by atoms with Gasteiger partial charge in [-0.3, -0.25) is 4.79 Å². The molecule has 0 aliphatic heterocycles. The van der Waals surface area contributed by atoms with Gasteiger partial charge in [-0.05, 0) is 24.6 Å². The standard InChI is InChI=1S/C33H46N2O3S.BrH/c1-3-4-5-6-7-8-9-10-11-12-13-16-22-37-30-19-17-20-31(23-30)38-25-33(36)34-32-21-15-14-18-29(32)24-35-27-39-26-28(35)2;/h14-15,17-21,23,26-27H,3-13,16,22,24-25H2,1-2H3;1H. The lowest BCUT2D eigenvalue weighted by Crippen LogP contribution is -3.00. The van der Waals surface area contributed by atoms with Crippen molar-refractivity contribution in [1.29, 1.82) is 0 Å². The van der Waals surface area contributed by atoms with Crippen LogP contribution in [0.5, 0.6) is 11.5 Å². The maximum atomic E-state index is 12.6. The highest BCUT2D eigenvalue weighted by atomic mass is 79.9. The van der Waals surface area contributed by atoms with Gasteiger partial charge in [-0.2, -0.15) is 4.57 Å². The summed E-state index contributed by atoms with van der Waals surface area (Å²) in [5.74, 6) is 1.23. The fourth-order valence-corrected chi connectivity index (χ4v) is 5.38. The third kappa shape index (κ3) is 13.3. The number of nitrogens with one attached hydrogen (secondary N) is 1. The Kier molecular flexibility index (Phi) is 17.3. The monoisotopic (exact) mass is 630 g/mol. The molecular weight excluding hydrogens is 584 g/mol. The molecular formula is C33H47BrN2O3S. The van der Waals surface area contributed by atoms with E-state index < -0.39 is 0 Å². The maximum absolute atomic E-state index is 12.6. The molecule has 0 aliphatic rings. The lowest BCUT2D eigenvalue weighted by molar-refractivity contribution is -0.689. The molecule has 1 heterocycles. The molecule has 0 atom stereocenters. The molecule has 1 amide bonds. The number of aromatic nitrogens is 1. The van der Waals surface area contributed by atoms with Gasteiger partial charge in [0.25, 0.3) is 5.91 Å². The molecule has 7 heteroatoms. The Bertz CT molecular complexity index is 1100. The maximum Gasteiger partial charge on any atom is 0.262 e. The molecule has 220 valence electrons. The van der Waals surface area contributed by atoms with E-state index in [1.165, 1.54) is 76.3 Å². The summed E-state index contributed by atoms with van der Waals surface area (Å²) in [6, 6.07) is 15.5. The normalized spacial score (nSPS) is 10.7. The summed E-state index contributed by atoms with van der Waals surface area (Å²) in [7, 11) is 0. The number of hydrogen-bond donors (Lipinski definition) is 1. The Balaban J connectivity index is 0.00000560. The first-order chi connectivity index (χ1) is 19.2. The topological polar surface area (TPSA) is 51.4 Å². The zero-order valence-electron chi connectivity index (χ0n) is 24.3. The summed E-state index contributed by atoms with van der Waals surface area (Å²) >= 11 is 1.67. The van der Waals surface area contributed by atoms with Crippen molar-refractivity contribution in [3.05, 3.63) is 70.7 Å². The van der Waals surface area contributed by atoms with Crippen LogP contribution < -0.4 is 36.3 Å². The van der Waals surface area contributed by atoms with E-state index in [-0.39, 0.29) is 29.5 Å². The largest absolute Gasteiger partial charge is 1.00 e. The van der Waals surface area contributed by atoms with Crippen molar-refractivity contribution in [1.82, 2.24) is 0 Å². The average Bonchev–Trinajstić information content (AvgIpc) is 3.35. The third-order valence-electron chi connectivity index (χ3n) is 6.95. The summed E-state index contributed by atoms with van der Waals surface area (Å²) in [4.78, 5) is 12.6. The lowest BCUT2D eigenvalue weighted by atomic mass is 10.1. The minimum absolute atomic E-state index is 0. The Morgan fingerprint density at radius 3 is 2.10 bits per heavy atom. The Labute approximate surface area is 256 Å². The van der Waals surface area contributed by atoms with Gasteiger partial charge in [0.05, 0.1) is 17.7 Å². The number of carbonyl (C=O) groups is 1. The molecule has 0 bridgehead atoms. The van der Waals surface area contributed by atoms with Crippen LogP contribution >= 0.6 is 11.3 Å². The van der Waals surface area contributed by atoms with Crippen LogP contribution in [0.15, 0.2) is 59.4 Å². The zero-order valence-corrected chi connectivity index (χ0v) is 26.7. The van der Waals surface area contributed by atoms with Crippen LogP contribution in [-0.2, 0) is 11.3 Å². The highest BCUT2D eigenvalue weighted by Gasteiger charge is 2.13. The van der Waals surface area contributed by atoms with E-state index in [0.717, 1.165) is 23.4 Å². The van der Waals surface area contributed by atoms with E-state index >= 15 is 0 Å². The molecule has 0 radical (unpaired) electrons. The number of benzene rings is 2. The smallest absolute Gasteiger partial charge is 0.262 e. The van der Waals surface area contributed by atoms with Crippen LogP contribution in [0, 0.1) is 6.92 Å². The molecule has 0 spiro atoms. The molecule has 0 fully saturated rings. The Morgan fingerprint density at radius 2 is 1.45 bits per heavy atom. The molecule has 3 aromatic rings. The fourth-order valence-electron chi connectivity index (χ4n) is 4.60. The van der Waals surface area contributed by atoms with Gasteiger partial charge in [0.15, 0.2) is 18.8 Å². The first-order valence-electron chi connectivity index (χ1n) is 14.8. The second-order valence-electron chi connectivity index (χ2n) is 10.3. The number of rotatable bonds is 20. The minimum atomic E-state index is -0.183. The van der Waals surface area contributed by atoms with Gasteiger partial charge < -0.3 is 31.8 Å². The van der Waals surface area contributed by atoms with Gasteiger partial charge in [0, 0.05) is 18.6 Å². The molecule has 1 aromatic heterocycles. The molecule has 0 aliphatic carbocycles. The summed E-state index contributed by atoms with van der Waals surface area (Å²) in [6.45, 7) is 5.73. The Morgan fingerprint density at radius 1 is 0.825 bits per heavy atom. The van der Waals surface area contributed by atoms with Crippen molar-refractivity contribution in [3.63, 3.8) is 0 Å². The number of carbonyl (C=O) groups excluding carboxylic acids is 1. The second-order valence-corrected chi connectivity index (χ2v) is 11.1. The van der Waals surface area contributed by atoms with Crippen molar-refractivity contribution < 1.29 is 35.8 Å². The number of aryl methyl sites for hydroxylation is 1. The summed E-state index contributed by atoms with van der Waals surface area (Å²) in [6.07, 6.45) is 16.0. The molecule has 3 rings (SSSR count). The number of ether oxygens (including phenoxy) is 2. The molecule has 1 N–H and O–H groups in total. The highest BCUT2D eigenvalue weighted by molar-refractivity contribution is 7.07. The molecule has 0 saturated heterocycles. The van der Waals surface area contributed by atoms with Crippen LogP contribution in [0.1, 0.15) is 95.2 Å². The van der Waals surface area contributed by atoms with Gasteiger partial charge >= 0.3 is 0 Å². The van der Waals surface area contributed by atoms with Crippen LogP contribution in [0.2, 0.25) is 0 Å². The first-order valence-corrected chi connectivity index (χ1v) is 15.8. The van der Waals surface area contributed by atoms with Crippen molar-refractivity contribution in [2.75, 3.05) is 18.5 Å². The predicted octanol–water partition coefficient (Wildman–Crippen LogP) is 5.49. The lowest BCUT2D eigenvalue weighted by Gasteiger charge is -2.11. The zero-order chi connectivity index (χ0) is 27.5. The molecule has 0 saturated carbocycles. The van der Waals surface area contributed by atoms with E-state index in [1.807, 2.05) is 48.5 Å². The van der Waals surface area contributed by atoms with Crippen molar-refractivity contribution >= 4 is 22.9 Å². The number of anilines is 1. The average molecular weight is 632 g/mol. The van der Waals surface area contributed by atoms with Crippen LogP contribution in [0.4, 0.5) is 5.69 Å². The van der Waals surface area contributed by atoms with Gasteiger partial charge in [0.2, 0.25) is 5.51 Å². The number of nitrogens with zero attached hydrogens (tertiary/aromatic N) is 1. The van der Waals surface area contributed by atoms with Crippen molar-refractivity contribution in [2.45, 2.75) is 97.4 Å². The van der Waals surface area contributed by atoms with Gasteiger partial charge in [-0.15, -0.1) is 0 Å². The van der Waals surface area contributed by atoms with Crippen LogP contribution in [-0.4, -0.2) is 19.1 Å². The Hall–Kier alpha value is -2.38. The minimum Gasteiger partial charge on any atom is -1.00 e. The summed E-state index contributed by atoms with van der Waals surface area (Å²) < 4.78 is 13.9. The number of unbranched alkanes of at least 4 members (excludes halogenated alkanes) is 11. The summed E-state index contributed by atoms with van der Waals surface area (Å²) in [5, 5.41) is 5.12. The first kappa shape index (κ1) is 33.8. The molecule has 5 nitrogen and oxygen atoms in total. The molecule has 40 heavy (non-hydrogen) atoms. The van der Waals surface area contributed by atoms with Gasteiger partial charge in [0.1, 0.15) is 11.5 Å².